The molecule has 2 aromatic carbocycles. The second kappa shape index (κ2) is 19.5. The van der Waals surface area contributed by atoms with Crippen molar-refractivity contribution in [2.45, 2.75) is 89.8 Å². The van der Waals surface area contributed by atoms with Crippen LogP contribution < -0.4 is 33.6 Å². The molecule has 284 valence electrons. The van der Waals surface area contributed by atoms with Gasteiger partial charge in [-0.15, -0.1) is 17.7 Å². The van der Waals surface area contributed by atoms with E-state index in [1.807, 2.05) is 38.1 Å². The zero-order chi connectivity index (χ0) is 37.5. The predicted octanol–water partition coefficient (Wildman–Crippen LogP) is 4.58. The van der Waals surface area contributed by atoms with Gasteiger partial charge < -0.3 is 44.5 Å². The number of carbonyl (C=O) groups is 1. The molecule has 0 amide bonds. The quantitative estimate of drug-likeness (QED) is 0.189. The zero-order valence-corrected chi connectivity index (χ0v) is 33.4. The summed E-state index contributed by atoms with van der Waals surface area (Å²) < 4.78 is 41.6. The van der Waals surface area contributed by atoms with Gasteiger partial charge in [0.2, 0.25) is 11.8 Å². The van der Waals surface area contributed by atoms with Crippen LogP contribution in [0.1, 0.15) is 74.4 Å². The molecule has 0 aliphatic carbocycles. The Hall–Kier alpha value is -4.05. The van der Waals surface area contributed by atoms with Crippen molar-refractivity contribution in [2.75, 3.05) is 18.4 Å². The van der Waals surface area contributed by atoms with Crippen LogP contribution in [0.3, 0.4) is 0 Å². The van der Waals surface area contributed by atoms with Gasteiger partial charge in [0, 0.05) is 24.8 Å². The van der Waals surface area contributed by atoms with Crippen molar-refractivity contribution < 1.29 is 46.7 Å². The maximum Gasteiger partial charge on any atom is 1.00 e. The van der Waals surface area contributed by atoms with Crippen molar-refractivity contribution in [1.82, 2.24) is 15.3 Å². The summed E-state index contributed by atoms with van der Waals surface area (Å²) in [5.74, 6) is -1.29. The van der Waals surface area contributed by atoms with Gasteiger partial charge in [-0.2, -0.15) is 4.98 Å². The number of hydrogen-bond acceptors (Lipinski definition) is 9. The van der Waals surface area contributed by atoms with Crippen LogP contribution >= 0.6 is 0 Å². The van der Waals surface area contributed by atoms with Crippen molar-refractivity contribution >= 4 is 28.2 Å². The maximum absolute atomic E-state index is 13.4. The van der Waals surface area contributed by atoms with Gasteiger partial charge in [-0.05, 0) is 74.6 Å². The van der Waals surface area contributed by atoms with E-state index in [0.29, 0.717) is 5.69 Å². The van der Waals surface area contributed by atoms with Crippen molar-refractivity contribution in [3.63, 3.8) is 0 Å². The molecule has 3 N–H and O–H groups in total. The molecule has 3 atom stereocenters. The van der Waals surface area contributed by atoms with Crippen molar-refractivity contribution in [2.24, 2.45) is 10.4 Å². The Morgan fingerprint density at radius 3 is 2.46 bits per heavy atom. The first kappa shape index (κ1) is 44.3. The van der Waals surface area contributed by atoms with E-state index < -0.39 is 16.0 Å². The van der Waals surface area contributed by atoms with Gasteiger partial charge in [0.1, 0.15) is 6.61 Å². The van der Waals surface area contributed by atoms with Gasteiger partial charge in [-0.3, -0.25) is 5.57 Å². The minimum absolute atomic E-state index is 0. The van der Waals surface area contributed by atoms with Crippen LogP contribution in [0, 0.1) is 32.8 Å². The second-order valence-corrected chi connectivity index (χ2v) is 15.8. The van der Waals surface area contributed by atoms with Gasteiger partial charge in [0.25, 0.3) is 10.0 Å². The number of carboxylic acids is 1. The van der Waals surface area contributed by atoms with Gasteiger partial charge in [0.05, 0.1) is 28.3 Å². The third kappa shape index (κ3) is 12.0. The molecular weight excluding hydrogens is 697 g/mol. The molecule has 2 aliphatic heterocycles. The molecule has 0 saturated carbocycles. The van der Waals surface area contributed by atoms with E-state index in [-0.39, 0.29) is 78.8 Å². The van der Waals surface area contributed by atoms with Crippen molar-refractivity contribution in [3.05, 3.63) is 108 Å². The molecule has 13 heteroatoms. The minimum atomic E-state index is -4.26. The van der Waals surface area contributed by atoms with Gasteiger partial charge in [0.15, 0.2) is 0 Å². The second-order valence-electron chi connectivity index (χ2n) is 14.1. The number of sulfonamides is 1. The molecule has 3 aromatic rings. The molecule has 0 unspecified atom stereocenters. The number of rotatable bonds is 11. The first-order chi connectivity index (χ1) is 24.7. The van der Waals surface area contributed by atoms with Crippen LogP contribution in [0.5, 0.6) is 5.88 Å². The third-order valence-corrected chi connectivity index (χ3v) is 10.2. The summed E-state index contributed by atoms with van der Waals surface area (Å²) >= 11 is 0. The van der Waals surface area contributed by atoms with E-state index in [1.165, 1.54) is 18.2 Å². The number of benzene rings is 2. The zero-order valence-electron chi connectivity index (χ0n) is 32.6. The number of methoxy groups -OCH3 is 1. The molecule has 5 rings (SSSR count). The fourth-order valence-corrected chi connectivity index (χ4v) is 7.17. The van der Waals surface area contributed by atoms with Gasteiger partial charge in [-0.1, -0.05) is 51.5 Å². The molecule has 0 radical (unpaired) electrons. The molecule has 3 heterocycles. The SMILES string of the molecule is CO[C@@H]1CCC[C@@H](C2=C\CC\C=C(C=[C-]C(C)(C)C)/[C-]=N/2)N[C@H]1COc1cc(-c2c(C)cccc2C)nc(NS(=O)(=O)c2cccc(C(=O)O)c2)n1.[CH3-].[Li+]. The van der Waals surface area contributed by atoms with Crippen LogP contribution in [-0.4, -0.2) is 67.6 Å². The summed E-state index contributed by atoms with van der Waals surface area (Å²) in [5.41, 5.74) is 4.76. The van der Waals surface area contributed by atoms with Gasteiger partial charge >= 0.3 is 24.8 Å². The molecule has 0 spiro atoms. The Morgan fingerprint density at radius 2 is 1.78 bits per heavy atom. The Labute approximate surface area is 332 Å². The molecule has 0 bridgehead atoms. The molecule has 1 saturated heterocycles. The monoisotopic (exact) mass is 747 g/mol. The van der Waals surface area contributed by atoms with Crippen LogP contribution in [-0.2, 0) is 14.8 Å². The number of aromatic nitrogens is 2. The maximum atomic E-state index is 13.4. The first-order valence-corrected chi connectivity index (χ1v) is 18.9. The molecule has 1 fully saturated rings. The van der Waals surface area contributed by atoms with E-state index >= 15 is 0 Å². The number of carboxylic acid groups (broad SMARTS) is 1. The number of nitrogens with zero attached hydrogens (tertiary/aromatic N) is 3. The Balaban J connectivity index is 0.00000392. The smallest absolute Gasteiger partial charge is 0.478 e. The number of nitrogens with one attached hydrogen (secondary N) is 2. The number of aliphatic imine (C=N–C) groups is 1. The molecule has 1 aromatic heterocycles. The fraction of sp³-hybridized carbons (Fsp3) is 0.390. The number of hydrogen-bond donors (Lipinski definition) is 3. The number of aryl methyl sites for hydroxylation is 2. The van der Waals surface area contributed by atoms with E-state index in [1.54, 1.807) is 13.2 Å². The normalized spacial score (nSPS) is 21.8. The van der Waals surface area contributed by atoms with Crippen LogP contribution in [0.25, 0.3) is 11.3 Å². The summed E-state index contributed by atoms with van der Waals surface area (Å²) in [5, 5.41) is 13.1. The number of anilines is 1. The van der Waals surface area contributed by atoms with Gasteiger partial charge in [-0.25, -0.2) is 29.0 Å². The Bertz CT molecular complexity index is 1980. The molecule has 11 nitrogen and oxygen atoms in total. The molecular formula is C41H50LiN5O6S-2. The van der Waals surface area contributed by atoms with Crippen LogP contribution in [0.2, 0.25) is 0 Å². The van der Waals surface area contributed by atoms with E-state index in [9.17, 15) is 18.3 Å². The van der Waals surface area contributed by atoms with E-state index in [0.717, 1.165) is 66.1 Å². The number of ether oxygens (including phenoxy) is 2. The number of aromatic carboxylic acids is 1. The van der Waals surface area contributed by atoms with Crippen molar-refractivity contribution in [3.8, 4) is 17.1 Å². The molecule has 54 heavy (non-hydrogen) atoms. The Kier molecular flexibility index (Phi) is 16.0. The van der Waals surface area contributed by atoms with Crippen LogP contribution in [0.4, 0.5) is 5.95 Å². The summed E-state index contributed by atoms with van der Waals surface area (Å²) in [6, 6.07) is 12.3. The fourth-order valence-electron chi connectivity index (χ4n) is 6.18. The standard InChI is InChI=1S/C40H47N5O6S.CH3.Li/c1-26-12-9-13-27(2)37(26)33-23-36(44-39(43-33)45-52(48,49)30-16-10-15-29(22-30)38(46)47)51-25-34-35(50-6)19-11-18-32(42-34)31-17-8-7-14-28(24-41-31)20-21-40(3,4)5;;/h9-10,12-17,20,22-23,32,34-35,42H,7-8,11,18-19,25H2,1-6H3,(H,46,47)(H,43,44,45);1H3;/q-2;-1;+1/b28-14-,31-17-;;/t32-,34-,35+;;/m0../s1. The minimum Gasteiger partial charge on any atom is -0.478 e. The summed E-state index contributed by atoms with van der Waals surface area (Å²) in [6.07, 6.45) is 17.0. The molecule has 2 aliphatic rings. The predicted molar refractivity (Wildman–Crippen MR) is 209 cm³/mol. The largest absolute Gasteiger partial charge is 1.00 e. The first-order valence-electron chi connectivity index (χ1n) is 17.4. The summed E-state index contributed by atoms with van der Waals surface area (Å²) in [7, 11) is -2.57. The summed E-state index contributed by atoms with van der Waals surface area (Å²) in [4.78, 5) is 25.1. The third-order valence-electron chi connectivity index (χ3n) is 8.83. The Morgan fingerprint density at radius 1 is 1.07 bits per heavy atom. The topological polar surface area (TPSA) is 152 Å². The van der Waals surface area contributed by atoms with E-state index in [4.69, 9.17) is 14.5 Å². The average Bonchev–Trinajstić information content (AvgIpc) is 3.28. The average molecular weight is 748 g/mol. The van der Waals surface area contributed by atoms with Crippen molar-refractivity contribution in [1.29, 1.82) is 0 Å². The number of allylic oxidation sites excluding steroid dienone is 5. The van der Waals surface area contributed by atoms with E-state index in [2.05, 4.69) is 65.2 Å². The van der Waals surface area contributed by atoms with Crippen LogP contribution in [0.15, 0.2) is 87.9 Å². The summed E-state index contributed by atoms with van der Waals surface area (Å²) in [6.45, 7) is 10.4.